The number of thioether (sulfide) groups is 1. The maximum atomic E-state index is 13.5. The molecule has 2 aliphatic rings. The van der Waals surface area contributed by atoms with Crippen molar-refractivity contribution >= 4 is 50.3 Å². The highest BCUT2D eigenvalue weighted by atomic mass is 32.2. The molecule has 2 fully saturated rings. The first-order chi connectivity index (χ1) is 20.8. The third-order valence-electron chi connectivity index (χ3n) is 7.48. The number of ether oxygens (including phenoxy) is 1. The van der Waals surface area contributed by atoms with Gasteiger partial charge in [-0.05, 0) is 60.9 Å². The SMILES string of the molecule is COc1ccc(CN2C(=O)/C(=C/c3cn(-c4ccccc4)nc3-c3cccc(S(=O)(=O)N4CCCCC4)c3)SC2=S)cc1. The van der Waals surface area contributed by atoms with Crippen LogP contribution in [0.3, 0.4) is 0 Å². The average Bonchev–Trinajstić information content (AvgIpc) is 3.58. The fourth-order valence-corrected chi connectivity index (χ4v) is 7.99. The fraction of sp³-hybridized carbons (Fsp3) is 0.219. The first kappa shape index (κ1) is 29.3. The molecule has 0 saturated carbocycles. The van der Waals surface area contributed by atoms with E-state index in [0.29, 0.717) is 45.7 Å². The number of nitrogens with zero attached hydrogens (tertiary/aromatic N) is 4. The van der Waals surface area contributed by atoms with E-state index in [1.54, 1.807) is 45.3 Å². The Hall–Kier alpha value is -3.77. The van der Waals surface area contributed by atoms with Gasteiger partial charge in [0.2, 0.25) is 10.0 Å². The summed E-state index contributed by atoms with van der Waals surface area (Å²) in [7, 11) is -2.03. The number of piperidine rings is 1. The highest BCUT2D eigenvalue weighted by molar-refractivity contribution is 8.26. The molecule has 3 aromatic carbocycles. The van der Waals surface area contributed by atoms with Crippen LogP contribution in [0.5, 0.6) is 5.75 Å². The monoisotopic (exact) mass is 630 g/mol. The molecule has 220 valence electrons. The molecule has 6 rings (SSSR count). The zero-order valence-corrected chi connectivity index (χ0v) is 26.0. The number of carbonyl (C=O) groups is 1. The summed E-state index contributed by atoms with van der Waals surface area (Å²) in [4.78, 5) is 15.8. The molecule has 0 bridgehead atoms. The molecule has 2 saturated heterocycles. The van der Waals surface area contributed by atoms with Crippen molar-refractivity contribution in [1.29, 1.82) is 0 Å². The Bertz CT molecular complexity index is 1800. The van der Waals surface area contributed by atoms with E-state index in [1.165, 1.54) is 11.8 Å². The molecule has 2 aliphatic heterocycles. The molecule has 0 N–H and O–H groups in total. The second-order valence-electron chi connectivity index (χ2n) is 10.3. The molecule has 43 heavy (non-hydrogen) atoms. The van der Waals surface area contributed by atoms with E-state index >= 15 is 0 Å². The molecule has 11 heteroatoms. The summed E-state index contributed by atoms with van der Waals surface area (Å²) in [5.41, 5.74) is 3.67. The van der Waals surface area contributed by atoms with E-state index in [-0.39, 0.29) is 10.8 Å². The van der Waals surface area contributed by atoms with Gasteiger partial charge in [0.25, 0.3) is 5.91 Å². The second kappa shape index (κ2) is 12.5. The van der Waals surface area contributed by atoms with Gasteiger partial charge in [-0.15, -0.1) is 0 Å². The minimum Gasteiger partial charge on any atom is -0.497 e. The lowest BCUT2D eigenvalue weighted by Gasteiger charge is -2.26. The summed E-state index contributed by atoms with van der Waals surface area (Å²) in [6.07, 6.45) is 6.41. The number of para-hydroxylation sites is 1. The van der Waals surface area contributed by atoms with E-state index in [0.717, 1.165) is 36.3 Å². The van der Waals surface area contributed by atoms with Crippen LogP contribution in [-0.2, 0) is 21.4 Å². The minimum atomic E-state index is -3.64. The summed E-state index contributed by atoms with van der Waals surface area (Å²) in [5, 5.41) is 4.86. The summed E-state index contributed by atoms with van der Waals surface area (Å²) in [6, 6.07) is 24.1. The highest BCUT2D eigenvalue weighted by Crippen LogP contribution is 2.36. The smallest absolute Gasteiger partial charge is 0.266 e. The number of methoxy groups -OCH3 is 1. The number of rotatable bonds is 8. The zero-order valence-electron chi connectivity index (χ0n) is 23.5. The van der Waals surface area contributed by atoms with Gasteiger partial charge in [0.05, 0.1) is 29.1 Å². The van der Waals surface area contributed by atoms with Gasteiger partial charge >= 0.3 is 0 Å². The number of amides is 1. The topological polar surface area (TPSA) is 84.7 Å². The van der Waals surface area contributed by atoms with Gasteiger partial charge in [-0.1, -0.05) is 72.9 Å². The maximum Gasteiger partial charge on any atom is 0.266 e. The number of carbonyl (C=O) groups excluding carboxylic acids is 1. The summed E-state index contributed by atoms with van der Waals surface area (Å²) in [5.74, 6) is 0.551. The van der Waals surface area contributed by atoms with Crippen molar-refractivity contribution in [1.82, 2.24) is 19.0 Å². The Morgan fingerprint density at radius 2 is 1.72 bits per heavy atom. The number of hydrogen-bond donors (Lipinski definition) is 0. The Morgan fingerprint density at radius 3 is 2.44 bits per heavy atom. The Labute approximate surface area is 261 Å². The van der Waals surface area contributed by atoms with Crippen molar-refractivity contribution < 1.29 is 17.9 Å². The lowest BCUT2D eigenvalue weighted by Crippen LogP contribution is -2.35. The molecule has 4 aromatic rings. The van der Waals surface area contributed by atoms with Gasteiger partial charge < -0.3 is 4.74 Å². The number of sulfonamides is 1. The lowest BCUT2D eigenvalue weighted by atomic mass is 10.1. The Kier molecular flexibility index (Phi) is 8.49. The van der Waals surface area contributed by atoms with Crippen LogP contribution in [0.4, 0.5) is 0 Å². The van der Waals surface area contributed by atoms with Crippen molar-refractivity contribution in [2.75, 3.05) is 20.2 Å². The predicted molar refractivity (Wildman–Crippen MR) is 173 cm³/mol. The standard InChI is InChI=1S/C32H30N4O4S3/c1-40-27-15-13-23(14-16-27)21-35-31(37)29(42-32(35)41)20-25-22-36(26-10-4-2-5-11-26)33-30(25)24-9-8-12-28(19-24)43(38,39)34-17-6-3-7-18-34/h2,4-5,8-16,19-20,22H,3,6-7,17-18,21H2,1H3/b29-20-. The first-order valence-electron chi connectivity index (χ1n) is 14.0. The molecule has 8 nitrogen and oxygen atoms in total. The van der Waals surface area contributed by atoms with Crippen LogP contribution in [0.15, 0.2) is 94.9 Å². The van der Waals surface area contributed by atoms with Crippen LogP contribution in [0.2, 0.25) is 0 Å². The number of thiocarbonyl (C=S) groups is 1. The second-order valence-corrected chi connectivity index (χ2v) is 13.9. The average molecular weight is 631 g/mol. The first-order valence-corrected chi connectivity index (χ1v) is 16.6. The molecule has 1 aromatic heterocycles. The van der Waals surface area contributed by atoms with E-state index in [2.05, 4.69) is 0 Å². The summed E-state index contributed by atoms with van der Waals surface area (Å²) >= 11 is 6.84. The van der Waals surface area contributed by atoms with Crippen LogP contribution in [0.25, 0.3) is 23.0 Å². The third kappa shape index (κ3) is 6.16. The zero-order chi connectivity index (χ0) is 30.0. The number of hydrogen-bond acceptors (Lipinski definition) is 7. The van der Waals surface area contributed by atoms with Gasteiger partial charge in [-0.2, -0.15) is 9.40 Å². The predicted octanol–water partition coefficient (Wildman–Crippen LogP) is 6.12. The van der Waals surface area contributed by atoms with Crippen molar-refractivity contribution in [2.24, 2.45) is 0 Å². The van der Waals surface area contributed by atoms with E-state index < -0.39 is 10.0 Å². The molecule has 0 atom stereocenters. The van der Waals surface area contributed by atoms with Crippen molar-refractivity contribution in [3.05, 3.63) is 101 Å². The van der Waals surface area contributed by atoms with Gasteiger partial charge in [0.1, 0.15) is 15.8 Å². The van der Waals surface area contributed by atoms with E-state index in [1.807, 2.05) is 66.9 Å². The molecule has 0 radical (unpaired) electrons. The van der Waals surface area contributed by atoms with Crippen LogP contribution >= 0.6 is 24.0 Å². The van der Waals surface area contributed by atoms with Crippen LogP contribution in [0, 0.1) is 0 Å². The van der Waals surface area contributed by atoms with Crippen molar-refractivity contribution in [3.63, 3.8) is 0 Å². The minimum absolute atomic E-state index is 0.189. The fourth-order valence-electron chi connectivity index (χ4n) is 5.18. The van der Waals surface area contributed by atoms with E-state index in [4.69, 9.17) is 22.1 Å². The summed E-state index contributed by atoms with van der Waals surface area (Å²) < 4.78 is 36.0. The number of benzene rings is 3. The Morgan fingerprint density at radius 1 is 0.977 bits per heavy atom. The molecular weight excluding hydrogens is 601 g/mol. The molecule has 0 aliphatic carbocycles. The van der Waals surface area contributed by atoms with Crippen LogP contribution in [0.1, 0.15) is 30.4 Å². The molecule has 1 amide bonds. The van der Waals surface area contributed by atoms with Gasteiger partial charge in [0.15, 0.2) is 0 Å². The largest absolute Gasteiger partial charge is 0.497 e. The maximum absolute atomic E-state index is 13.5. The molecule has 0 spiro atoms. The van der Waals surface area contributed by atoms with Gasteiger partial charge in [-0.25, -0.2) is 13.1 Å². The quantitative estimate of drug-likeness (QED) is 0.171. The number of aromatic nitrogens is 2. The van der Waals surface area contributed by atoms with Crippen molar-refractivity contribution in [3.8, 4) is 22.7 Å². The summed E-state index contributed by atoms with van der Waals surface area (Å²) in [6.45, 7) is 1.40. The highest BCUT2D eigenvalue weighted by Gasteiger charge is 2.33. The van der Waals surface area contributed by atoms with Gasteiger partial charge in [-0.3, -0.25) is 9.69 Å². The molecule has 3 heterocycles. The van der Waals surface area contributed by atoms with Crippen LogP contribution < -0.4 is 4.74 Å². The van der Waals surface area contributed by atoms with Crippen molar-refractivity contribution in [2.45, 2.75) is 30.7 Å². The normalized spacial score (nSPS) is 17.1. The third-order valence-corrected chi connectivity index (χ3v) is 10.8. The molecule has 0 unspecified atom stereocenters. The lowest BCUT2D eigenvalue weighted by molar-refractivity contribution is -0.122. The van der Waals surface area contributed by atoms with Crippen LogP contribution in [-0.4, -0.2) is 57.8 Å². The van der Waals surface area contributed by atoms with E-state index in [9.17, 15) is 13.2 Å². The van der Waals surface area contributed by atoms with Gasteiger partial charge in [0, 0.05) is 30.4 Å². The Balaban J connectivity index is 1.36. The molecular formula is C32H30N4O4S3.